The van der Waals surface area contributed by atoms with Crippen molar-refractivity contribution in [2.24, 2.45) is 0 Å². The third kappa shape index (κ3) is 4.31. The fourth-order valence-electron chi connectivity index (χ4n) is 7.63. The van der Waals surface area contributed by atoms with Crippen LogP contribution in [0, 0.1) is 0 Å². The minimum absolute atomic E-state index is 0.0875. The molecule has 0 bridgehead atoms. The molecular weight excluding hydrogens is 599 g/mol. The van der Waals surface area contributed by atoms with Crippen LogP contribution in [0.25, 0.3) is 72.3 Å². The van der Waals surface area contributed by atoms with Crippen molar-refractivity contribution in [2.45, 2.75) is 6.17 Å². The summed E-state index contributed by atoms with van der Waals surface area (Å²) in [5, 5.41) is 7.18. The predicted molar refractivity (Wildman–Crippen MR) is 202 cm³/mol. The summed E-state index contributed by atoms with van der Waals surface area (Å²) in [6, 6.07) is 53.7. The Morgan fingerprint density at radius 2 is 1.20 bits per heavy atom. The van der Waals surface area contributed by atoms with Crippen molar-refractivity contribution >= 4 is 44.2 Å². The van der Waals surface area contributed by atoms with E-state index in [4.69, 9.17) is 4.42 Å². The maximum Gasteiger partial charge on any atom is 0.145 e. The Balaban J connectivity index is 1.16. The average molecular weight is 630 g/mol. The number of rotatable bonds is 5. The molecule has 1 unspecified atom stereocenters. The summed E-state index contributed by atoms with van der Waals surface area (Å²) in [6.07, 6.45) is 8.64. The van der Waals surface area contributed by atoms with Crippen molar-refractivity contribution in [3.05, 3.63) is 187 Å². The molecule has 49 heavy (non-hydrogen) atoms. The van der Waals surface area contributed by atoms with Crippen LogP contribution in [-0.2, 0) is 0 Å². The Labute approximate surface area is 284 Å². The Bertz CT molecular complexity index is 2610. The molecule has 0 saturated carbocycles. The van der Waals surface area contributed by atoms with Gasteiger partial charge >= 0.3 is 0 Å². The number of para-hydroxylation sites is 1. The Morgan fingerprint density at radius 3 is 1.96 bits per heavy atom. The number of nitrogens with one attached hydrogen (secondary N) is 1. The van der Waals surface area contributed by atoms with Crippen LogP contribution in [0.2, 0.25) is 0 Å². The van der Waals surface area contributed by atoms with Gasteiger partial charge < -0.3 is 19.2 Å². The highest BCUT2D eigenvalue weighted by Gasteiger charge is 2.31. The van der Waals surface area contributed by atoms with Gasteiger partial charge in [0.05, 0.1) is 27.8 Å². The molecule has 2 aromatic heterocycles. The van der Waals surface area contributed by atoms with E-state index in [9.17, 15) is 0 Å². The van der Waals surface area contributed by atoms with Crippen LogP contribution in [0.1, 0.15) is 11.1 Å². The number of furan rings is 1. The topological polar surface area (TPSA) is 33.3 Å². The number of fused-ring (bicyclic) bond motifs is 6. The second-order valence-electron chi connectivity index (χ2n) is 12.6. The molecule has 0 saturated heterocycles. The molecule has 0 spiro atoms. The van der Waals surface area contributed by atoms with Crippen molar-refractivity contribution in [3.8, 4) is 28.1 Å². The maximum absolute atomic E-state index is 6.95. The molecule has 2 aliphatic rings. The van der Waals surface area contributed by atoms with E-state index in [1.54, 1.807) is 0 Å². The fraction of sp³-hybridized carbons (Fsp3) is 0.0222. The number of aromatic nitrogens is 1. The predicted octanol–water partition coefficient (Wildman–Crippen LogP) is 11.0. The lowest BCUT2D eigenvalue weighted by molar-refractivity contribution is 0.443. The number of allylic oxidation sites excluding steroid dienone is 2. The fourth-order valence-corrected chi connectivity index (χ4v) is 7.63. The number of hydrogen-bond acceptors (Lipinski definition) is 3. The number of hydrogen-bond donors (Lipinski definition) is 1. The first kappa shape index (κ1) is 27.6. The van der Waals surface area contributed by atoms with Gasteiger partial charge in [0, 0.05) is 39.4 Å². The summed E-state index contributed by atoms with van der Waals surface area (Å²) in [6.45, 7) is 0. The molecule has 0 fully saturated rings. The van der Waals surface area contributed by atoms with E-state index in [2.05, 4.69) is 185 Å². The quantitative estimate of drug-likeness (QED) is 0.206. The molecule has 0 amide bonds. The first-order valence-electron chi connectivity index (χ1n) is 16.7. The zero-order valence-corrected chi connectivity index (χ0v) is 26.6. The molecule has 2 aliphatic heterocycles. The minimum atomic E-state index is 0.0875. The summed E-state index contributed by atoms with van der Waals surface area (Å²) in [7, 11) is 0. The van der Waals surface area contributed by atoms with Gasteiger partial charge in [-0.1, -0.05) is 127 Å². The van der Waals surface area contributed by atoms with Gasteiger partial charge in [0.1, 0.15) is 17.5 Å². The van der Waals surface area contributed by atoms with Crippen LogP contribution in [-0.4, -0.2) is 15.6 Å². The van der Waals surface area contributed by atoms with Gasteiger partial charge in [-0.15, -0.1) is 0 Å². The molecule has 10 rings (SSSR count). The van der Waals surface area contributed by atoms with Gasteiger partial charge in [-0.05, 0) is 53.6 Å². The number of nitrogens with zero attached hydrogens (tertiary/aromatic N) is 2. The second kappa shape index (κ2) is 11.0. The van der Waals surface area contributed by atoms with E-state index in [1.165, 1.54) is 16.6 Å². The summed E-state index contributed by atoms with van der Waals surface area (Å²) in [4.78, 5) is 2.31. The Kier molecular flexibility index (Phi) is 6.21. The molecule has 4 nitrogen and oxygen atoms in total. The van der Waals surface area contributed by atoms with E-state index in [0.29, 0.717) is 0 Å². The second-order valence-corrected chi connectivity index (χ2v) is 12.6. The lowest BCUT2D eigenvalue weighted by Crippen LogP contribution is -2.32. The third-order valence-electron chi connectivity index (χ3n) is 9.79. The van der Waals surface area contributed by atoms with Gasteiger partial charge in [-0.3, -0.25) is 0 Å². The molecule has 232 valence electrons. The van der Waals surface area contributed by atoms with Crippen LogP contribution < -0.4 is 5.32 Å². The van der Waals surface area contributed by atoms with Crippen molar-refractivity contribution in [3.63, 3.8) is 0 Å². The maximum atomic E-state index is 6.95. The molecule has 1 N–H and O–H groups in total. The molecule has 6 aromatic carbocycles. The average Bonchev–Trinajstić information content (AvgIpc) is 3.86. The summed E-state index contributed by atoms with van der Waals surface area (Å²) < 4.78 is 9.32. The molecular formula is C45H31N3O. The van der Waals surface area contributed by atoms with E-state index in [1.807, 2.05) is 6.07 Å². The van der Waals surface area contributed by atoms with Crippen molar-refractivity contribution in [1.29, 1.82) is 0 Å². The van der Waals surface area contributed by atoms with Gasteiger partial charge in [0.2, 0.25) is 0 Å². The van der Waals surface area contributed by atoms with Crippen molar-refractivity contribution in [1.82, 2.24) is 14.8 Å². The zero-order valence-electron chi connectivity index (χ0n) is 26.6. The smallest absolute Gasteiger partial charge is 0.145 e. The SMILES string of the molecule is C1=CC2NC(c3ccc(-n4c5ccccc5c5c6oc(-c7ccccc7)c(-c7ccccc7)c6ccc54)cc3)=C(c3ccccc3)N2C=C1. The van der Waals surface area contributed by atoms with Gasteiger partial charge in [0.25, 0.3) is 0 Å². The largest absolute Gasteiger partial charge is 0.455 e. The first-order chi connectivity index (χ1) is 24.3. The monoisotopic (exact) mass is 629 g/mol. The van der Waals surface area contributed by atoms with Crippen LogP contribution in [0.15, 0.2) is 181 Å². The van der Waals surface area contributed by atoms with E-state index in [-0.39, 0.29) is 6.17 Å². The van der Waals surface area contributed by atoms with Gasteiger partial charge in [0.15, 0.2) is 0 Å². The van der Waals surface area contributed by atoms with E-state index >= 15 is 0 Å². The highest BCUT2D eigenvalue weighted by Crippen LogP contribution is 2.46. The van der Waals surface area contributed by atoms with Gasteiger partial charge in [-0.2, -0.15) is 0 Å². The van der Waals surface area contributed by atoms with E-state index in [0.717, 1.165) is 66.8 Å². The van der Waals surface area contributed by atoms with Crippen LogP contribution in [0.5, 0.6) is 0 Å². The lowest BCUT2D eigenvalue weighted by atomic mass is 9.98. The highest BCUT2D eigenvalue weighted by atomic mass is 16.3. The van der Waals surface area contributed by atoms with Crippen molar-refractivity contribution < 1.29 is 4.42 Å². The summed E-state index contributed by atoms with van der Waals surface area (Å²) in [5.41, 5.74) is 12.2. The zero-order chi connectivity index (χ0) is 32.3. The third-order valence-corrected chi connectivity index (χ3v) is 9.79. The standard InChI is InChI=1S/C45H31N3O/c1-4-14-30(15-5-1)40-36-27-28-38-41(45(36)49-44(40)33-18-8-3-9-19-33)35-20-10-11-21-37(35)48(38)34-25-23-31(24-26-34)42-43(32-16-6-2-7-17-32)47-29-13-12-22-39(47)46-42/h1-29,39,46H. The lowest BCUT2D eigenvalue weighted by Gasteiger charge is -2.25. The van der Waals surface area contributed by atoms with Crippen LogP contribution >= 0.6 is 0 Å². The Morgan fingerprint density at radius 1 is 0.531 bits per heavy atom. The van der Waals surface area contributed by atoms with Crippen LogP contribution in [0.4, 0.5) is 0 Å². The summed E-state index contributed by atoms with van der Waals surface area (Å²) in [5.74, 6) is 0.892. The molecule has 4 heterocycles. The molecule has 1 atom stereocenters. The molecule has 8 aromatic rings. The molecule has 0 radical (unpaired) electrons. The molecule has 0 aliphatic carbocycles. The Hall–Kier alpha value is -6.52. The number of benzene rings is 6. The molecule has 4 heteroatoms. The highest BCUT2D eigenvalue weighted by molar-refractivity contribution is 6.22. The van der Waals surface area contributed by atoms with Gasteiger partial charge in [-0.25, -0.2) is 0 Å². The summed E-state index contributed by atoms with van der Waals surface area (Å²) >= 11 is 0. The van der Waals surface area contributed by atoms with E-state index < -0.39 is 0 Å². The minimum Gasteiger partial charge on any atom is -0.455 e. The normalized spacial score (nSPS) is 15.4. The van der Waals surface area contributed by atoms with Crippen molar-refractivity contribution in [2.75, 3.05) is 0 Å². The van der Waals surface area contributed by atoms with Crippen LogP contribution in [0.3, 0.4) is 0 Å². The first-order valence-corrected chi connectivity index (χ1v) is 16.7.